The van der Waals surface area contributed by atoms with Crippen LogP contribution in [0.2, 0.25) is 0 Å². The summed E-state index contributed by atoms with van der Waals surface area (Å²) in [6.45, 7) is 5.80. The van der Waals surface area contributed by atoms with Crippen LogP contribution in [0.15, 0.2) is 46.9 Å². The van der Waals surface area contributed by atoms with Crippen LogP contribution in [0.3, 0.4) is 0 Å². The van der Waals surface area contributed by atoms with E-state index in [1.165, 1.54) is 22.3 Å². The van der Waals surface area contributed by atoms with E-state index in [2.05, 4.69) is 78.1 Å². The van der Waals surface area contributed by atoms with Crippen LogP contribution in [0, 0.1) is 13.8 Å². The van der Waals surface area contributed by atoms with Gasteiger partial charge >= 0.3 is 0 Å². The second kappa shape index (κ2) is 7.21. The molecular weight excluding hydrogens is 324 g/mol. The smallest absolute Gasteiger partial charge is 0.0471 e. The average Bonchev–Trinajstić information content (AvgIpc) is 2.43. The Morgan fingerprint density at radius 2 is 1.86 bits per heavy atom. The average molecular weight is 347 g/mol. The molecule has 112 valence electrons. The van der Waals surface area contributed by atoms with Crippen LogP contribution in [0.4, 0.5) is 0 Å². The lowest BCUT2D eigenvalue weighted by atomic mass is 10.00. The molecule has 0 saturated heterocycles. The minimum absolute atomic E-state index is 0.239. The van der Waals surface area contributed by atoms with Gasteiger partial charge in [-0.25, -0.2) is 0 Å². The first kappa shape index (κ1) is 16.2. The van der Waals surface area contributed by atoms with Crippen molar-refractivity contribution in [2.75, 3.05) is 13.6 Å². The SMILES string of the molecule is Cc1ccc(C(CN)N(C)Cc2cccc(Br)c2)cc1C. The number of nitrogens with two attached hydrogens (primary N) is 1. The molecule has 0 heterocycles. The highest BCUT2D eigenvalue weighted by Gasteiger charge is 2.16. The van der Waals surface area contributed by atoms with Crippen LogP contribution < -0.4 is 5.73 Å². The molecule has 0 aliphatic carbocycles. The zero-order valence-electron chi connectivity index (χ0n) is 12.9. The van der Waals surface area contributed by atoms with Crippen molar-refractivity contribution in [2.45, 2.75) is 26.4 Å². The molecule has 21 heavy (non-hydrogen) atoms. The Bertz CT molecular complexity index is 610. The molecule has 0 fully saturated rings. The summed E-state index contributed by atoms with van der Waals surface area (Å²) in [5, 5.41) is 0. The molecule has 2 rings (SSSR count). The van der Waals surface area contributed by atoms with E-state index < -0.39 is 0 Å². The van der Waals surface area contributed by atoms with Crippen molar-refractivity contribution < 1.29 is 0 Å². The van der Waals surface area contributed by atoms with Gasteiger partial charge in [-0.05, 0) is 55.3 Å². The molecule has 2 N–H and O–H groups in total. The summed E-state index contributed by atoms with van der Waals surface area (Å²) in [5.74, 6) is 0. The number of nitrogens with zero attached hydrogens (tertiary/aromatic N) is 1. The Morgan fingerprint density at radius 3 is 2.48 bits per heavy atom. The number of aryl methyl sites for hydroxylation is 2. The zero-order chi connectivity index (χ0) is 15.4. The minimum Gasteiger partial charge on any atom is -0.329 e. The Hall–Kier alpha value is -1.16. The number of hydrogen-bond acceptors (Lipinski definition) is 2. The van der Waals surface area contributed by atoms with Crippen LogP contribution >= 0.6 is 15.9 Å². The predicted molar refractivity (Wildman–Crippen MR) is 93.3 cm³/mol. The molecule has 0 saturated carbocycles. The van der Waals surface area contributed by atoms with E-state index in [-0.39, 0.29) is 6.04 Å². The van der Waals surface area contributed by atoms with Gasteiger partial charge < -0.3 is 5.73 Å². The third kappa shape index (κ3) is 4.16. The van der Waals surface area contributed by atoms with Gasteiger partial charge in [-0.15, -0.1) is 0 Å². The second-order valence-corrected chi connectivity index (χ2v) is 6.56. The fourth-order valence-electron chi connectivity index (χ4n) is 2.58. The zero-order valence-corrected chi connectivity index (χ0v) is 14.5. The van der Waals surface area contributed by atoms with Crippen LogP contribution in [-0.4, -0.2) is 18.5 Å². The van der Waals surface area contributed by atoms with E-state index in [0.717, 1.165) is 11.0 Å². The fourth-order valence-corrected chi connectivity index (χ4v) is 3.02. The molecule has 0 spiro atoms. The van der Waals surface area contributed by atoms with E-state index in [0.29, 0.717) is 6.54 Å². The lowest BCUT2D eigenvalue weighted by Gasteiger charge is -2.28. The lowest BCUT2D eigenvalue weighted by Crippen LogP contribution is -2.30. The van der Waals surface area contributed by atoms with Crippen LogP contribution in [-0.2, 0) is 6.54 Å². The maximum absolute atomic E-state index is 6.03. The summed E-state index contributed by atoms with van der Waals surface area (Å²) < 4.78 is 1.11. The third-order valence-electron chi connectivity index (χ3n) is 3.99. The highest BCUT2D eigenvalue weighted by Crippen LogP contribution is 2.23. The van der Waals surface area contributed by atoms with Crippen molar-refractivity contribution in [3.63, 3.8) is 0 Å². The van der Waals surface area contributed by atoms with Crippen LogP contribution in [0.5, 0.6) is 0 Å². The maximum atomic E-state index is 6.03. The molecule has 0 amide bonds. The van der Waals surface area contributed by atoms with E-state index >= 15 is 0 Å². The van der Waals surface area contributed by atoms with Crippen molar-refractivity contribution in [2.24, 2.45) is 5.73 Å². The first-order valence-electron chi connectivity index (χ1n) is 7.23. The topological polar surface area (TPSA) is 29.3 Å². The molecule has 0 aliphatic heterocycles. The molecule has 0 bridgehead atoms. The van der Waals surface area contributed by atoms with Gasteiger partial charge in [0.1, 0.15) is 0 Å². The number of likely N-dealkylation sites (N-methyl/N-ethyl adjacent to an activating group) is 1. The standard InChI is InChI=1S/C18H23BrN2/c1-13-7-8-16(9-14(13)2)18(11-20)21(3)12-15-5-4-6-17(19)10-15/h4-10,18H,11-12,20H2,1-3H3. The van der Waals surface area contributed by atoms with Gasteiger partial charge in [-0.2, -0.15) is 0 Å². The number of benzene rings is 2. The number of hydrogen-bond donors (Lipinski definition) is 1. The quantitative estimate of drug-likeness (QED) is 0.878. The first-order chi connectivity index (χ1) is 10.0. The molecule has 0 radical (unpaired) electrons. The number of halogens is 1. The van der Waals surface area contributed by atoms with Gasteiger partial charge in [-0.3, -0.25) is 4.90 Å². The molecule has 0 aromatic heterocycles. The summed E-state index contributed by atoms with van der Waals surface area (Å²) in [7, 11) is 2.13. The Kier molecular flexibility index (Phi) is 5.57. The highest BCUT2D eigenvalue weighted by atomic mass is 79.9. The Labute approximate surface area is 136 Å². The highest BCUT2D eigenvalue weighted by molar-refractivity contribution is 9.10. The molecule has 1 unspecified atom stereocenters. The van der Waals surface area contributed by atoms with Gasteiger partial charge in [-0.1, -0.05) is 46.3 Å². The van der Waals surface area contributed by atoms with Gasteiger partial charge in [0.15, 0.2) is 0 Å². The van der Waals surface area contributed by atoms with E-state index in [4.69, 9.17) is 5.73 Å². The van der Waals surface area contributed by atoms with Crippen molar-refractivity contribution >= 4 is 15.9 Å². The third-order valence-corrected chi connectivity index (χ3v) is 4.49. The van der Waals surface area contributed by atoms with E-state index in [1.807, 2.05) is 6.07 Å². The molecule has 3 heteroatoms. The summed E-state index contributed by atoms with van der Waals surface area (Å²) in [6, 6.07) is 15.3. The minimum atomic E-state index is 0.239. The van der Waals surface area contributed by atoms with Crippen molar-refractivity contribution in [1.29, 1.82) is 0 Å². The summed E-state index contributed by atoms with van der Waals surface area (Å²) in [4.78, 5) is 2.31. The summed E-state index contributed by atoms with van der Waals surface area (Å²) in [6.07, 6.45) is 0. The Balaban J connectivity index is 2.18. The molecule has 2 nitrogen and oxygen atoms in total. The van der Waals surface area contributed by atoms with Crippen LogP contribution in [0.1, 0.15) is 28.3 Å². The molecule has 2 aromatic carbocycles. The first-order valence-corrected chi connectivity index (χ1v) is 8.02. The molecular formula is C18H23BrN2. The summed E-state index contributed by atoms with van der Waals surface area (Å²) in [5.41, 5.74) is 11.2. The Morgan fingerprint density at radius 1 is 1.10 bits per heavy atom. The monoisotopic (exact) mass is 346 g/mol. The van der Waals surface area contributed by atoms with E-state index in [1.54, 1.807) is 0 Å². The maximum Gasteiger partial charge on any atom is 0.0471 e. The fraction of sp³-hybridized carbons (Fsp3) is 0.333. The van der Waals surface area contributed by atoms with Gasteiger partial charge in [0.25, 0.3) is 0 Å². The largest absolute Gasteiger partial charge is 0.329 e. The van der Waals surface area contributed by atoms with Crippen LogP contribution in [0.25, 0.3) is 0 Å². The summed E-state index contributed by atoms with van der Waals surface area (Å²) >= 11 is 3.53. The van der Waals surface area contributed by atoms with E-state index in [9.17, 15) is 0 Å². The van der Waals surface area contributed by atoms with Crippen molar-refractivity contribution in [1.82, 2.24) is 4.90 Å². The van der Waals surface area contributed by atoms with Gasteiger partial charge in [0.2, 0.25) is 0 Å². The lowest BCUT2D eigenvalue weighted by molar-refractivity contribution is 0.241. The normalized spacial score (nSPS) is 12.7. The number of rotatable bonds is 5. The molecule has 2 aromatic rings. The molecule has 1 atom stereocenters. The van der Waals surface area contributed by atoms with Crippen molar-refractivity contribution in [3.8, 4) is 0 Å². The van der Waals surface area contributed by atoms with Gasteiger partial charge in [0.05, 0.1) is 0 Å². The van der Waals surface area contributed by atoms with Gasteiger partial charge in [0, 0.05) is 23.6 Å². The predicted octanol–water partition coefficient (Wildman–Crippen LogP) is 4.20. The second-order valence-electron chi connectivity index (χ2n) is 5.64. The molecule has 0 aliphatic rings. The van der Waals surface area contributed by atoms with Crippen molar-refractivity contribution in [3.05, 3.63) is 69.2 Å².